The minimum Gasteiger partial charge on any atom is -0.341 e. The summed E-state index contributed by atoms with van der Waals surface area (Å²) in [5, 5.41) is 11.4. The van der Waals surface area contributed by atoms with Crippen LogP contribution in [0.5, 0.6) is 0 Å². The maximum Gasteiger partial charge on any atom is 0.290 e. The predicted octanol–water partition coefficient (Wildman–Crippen LogP) is 2.41. The van der Waals surface area contributed by atoms with Crippen LogP contribution >= 0.6 is 11.6 Å². The number of nitro benzene ring substituents is 1. The van der Waals surface area contributed by atoms with Crippen molar-refractivity contribution in [2.24, 2.45) is 0 Å². The quantitative estimate of drug-likeness (QED) is 0.569. The Labute approximate surface area is 156 Å². The molecule has 0 radical (unpaired) electrons. The second-order valence-electron chi connectivity index (χ2n) is 6.53. The Morgan fingerprint density at radius 3 is 2.46 bits per heavy atom. The molecular formula is C16H20ClN3O5S. The highest BCUT2D eigenvalue weighted by atomic mass is 35.5. The molecule has 0 N–H and O–H groups in total. The summed E-state index contributed by atoms with van der Waals surface area (Å²) >= 11 is 5.79. The number of rotatable bonds is 4. The summed E-state index contributed by atoms with van der Waals surface area (Å²) in [6.45, 7) is 1.43. The number of sulfonamides is 1. The first-order chi connectivity index (χ1) is 12.3. The molecule has 1 atom stereocenters. The molecule has 1 unspecified atom stereocenters. The molecule has 1 amide bonds. The highest BCUT2D eigenvalue weighted by Gasteiger charge is 2.42. The van der Waals surface area contributed by atoms with E-state index < -0.39 is 31.6 Å². The van der Waals surface area contributed by atoms with Crippen LogP contribution in [0.15, 0.2) is 23.1 Å². The molecule has 1 aromatic carbocycles. The van der Waals surface area contributed by atoms with Crippen LogP contribution in [0.1, 0.15) is 32.1 Å². The first kappa shape index (κ1) is 19.1. The molecule has 2 heterocycles. The Morgan fingerprint density at radius 1 is 1.15 bits per heavy atom. The Kier molecular flexibility index (Phi) is 5.50. The lowest BCUT2D eigenvalue weighted by atomic mass is 10.0. The average Bonchev–Trinajstić information content (AvgIpc) is 3.15. The number of hydrogen-bond donors (Lipinski definition) is 0. The van der Waals surface area contributed by atoms with Crippen molar-refractivity contribution in [1.82, 2.24) is 9.21 Å². The van der Waals surface area contributed by atoms with Gasteiger partial charge in [-0.2, -0.15) is 4.31 Å². The van der Waals surface area contributed by atoms with Gasteiger partial charge in [-0.05, 0) is 37.8 Å². The van der Waals surface area contributed by atoms with Crippen molar-refractivity contribution in [1.29, 1.82) is 0 Å². The maximum atomic E-state index is 13.2. The Bertz CT molecular complexity index is 823. The van der Waals surface area contributed by atoms with Crippen LogP contribution < -0.4 is 0 Å². The molecule has 3 rings (SSSR count). The zero-order valence-electron chi connectivity index (χ0n) is 14.1. The number of nitrogens with zero attached hydrogens (tertiary/aromatic N) is 3. The fraction of sp³-hybridized carbons (Fsp3) is 0.562. The summed E-state index contributed by atoms with van der Waals surface area (Å²) in [6, 6.07) is 2.67. The number of benzene rings is 1. The van der Waals surface area contributed by atoms with Crippen molar-refractivity contribution in [3.05, 3.63) is 33.3 Å². The van der Waals surface area contributed by atoms with Crippen LogP contribution in [0.4, 0.5) is 5.69 Å². The van der Waals surface area contributed by atoms with E-state index in [-0.39, 0.29) is 17.5 Å². The Hall–Kier alpha value is -1.71. The van der Waals surface area contributed by atoms with Gasteiger partial charge in [-0.15, -0.1) is 0 Å². The predicted molar refractivity (Wildman–Crippen MR) is 95.5 cm³/mol. The SMILES string of the molecule is O=C(C1CCCCN1S(=O)(=O)c1ccc(Cl)cc1[N+](=O)[O-])N1CCCC1. The van der Waals surface area contributed by atoms with Gasteiger partial charge >= 0.3 is 0 Å². The normalized spacial score (nSPS) is 21.7. The number of likely N-dealkylation sites (tertiary alicyclic amines) is 1. The molecule has 2 aliphatic rings. The van der Waals surface area contributed by atoms with Crippen molar-refractivity contribution in [2.45, 2.75) is 43.0 Å². The third kappa shape index (κ3) is 3.56. The van der Waals surface area contributed by atoms with E-state index in [1.165, 1.54) is 6.07 Å². The molecule has 0 saturated carbocycles. The summed E-state index contributed by atoms with van der Waals surface area (Å²) in [5.41, 5.74) is -0.574. The van der Waals surface area contributed by atoms with Crippen molar-refractivity contribution in [2.75, 3.05) is 19.6 Å². The number of nitro groups is 1. The maximum absolute atomic E-state index is 13.2. The monoisotopic (exact) mass is 401 g/mol. The van der Waals surface area contributed by atoms with Crippen LogP contribution in [-0.2, 0) is 14.8 Å². The second kappa shape index (κ2) is 7.50. The first-order valence-electron chi connectivity index (χ1n) is 8.57. The van der Waals surface area contributed by atoms with E-state index in [0.29, 0.717) is 25.9 Å². The lowest BCUT2D eigenvalue weighted by molar-refractivity contribution is -0.387. The van der Waals surface area contributed by atoms with Crippen molar-refractivity contribution in [3.63, 3.8) is 0 Å². The van der Waals surface area contributed by atoms with Crippen LogP contribution in [0, 0.1) is 10.1 Å². The fourth-order valence-corrected chi connectivity index (χ4v) is 5.52. The summed E-state index contributed by atoms with van der Waals surface area (Å²) in [4.78, 5) is 24.6. The second-order valence-corrected chi connectivity index (χ2v) is 8.82. The van der Waals surface area contributed by atoms with E-state index in [1.807, 2.05) is 0 Å². The van der Waals surface area contributed by atoms with Crippen LogP contribution in [0.25, 0.3) is 0 Å². The van der Waals surface area contributed by atoms with Gasteiger partial charge in [0, 0.05) is 30.7 Å². The molecule has 26 heavy (non-hydrogen) atoms. The molecule has 142 valence electrons. The zero-order valence-corrected chi connectivity index (χ0v) is 15.7. The molecule has 0 bridgehead atoms. The molecule has 0 aromatic heterocycles. The van der Waals surface area contributed by atoms with Crippen LogP contribution in [-0.4, -0.2) is 54.1 Å². The highest BCUT2D eigenvalue weighted by molar-refractivity contribution is 7.89. The highest BCUT2D eigenvalue weighted by Crippen LogP contribution is 2.33. The Morgan fingerprint density at radius 2 is 1.81 bits per heavy atom. The molecular weight excluding hydrogens is 382 g/mol. The molecule has 2 fully saturated rings. The van der Waals surface area contributed by atoms with Crippen molar-refractivity contribution in [3.8, 4) is 0 Å². The van der Waals surface area contributed by atoms with Gasteiger partial charge in [-0.1, -0.05) is 18.0 Å². The van der Waals surface area contributed by atoms with Gasteiger partial charge in [-0.3, -0.25) is 14.9 Å². The zero-order chi connectivity index (χ0) is 18.9. The van der Waals surface area contributed by atoms with E-state index in [2.05, 4.69) is 0 Å². The summed E-state index contributed by atoms with van der Waals surface area (Å²) in [5.74, 6) is -0.206. The number of carbonyl (C=O) groups is 1. The summed E-state index contributed by atoms with van der Waals surface area (Å²) in [6.07, 6.45) is 3.61. The van der Waals surface area contributed by atoms with E-state index in [9.17, 15) is 23.3 Å². The van der Waals surface area contributed by atoms with Gasteiger partial charge < -0.3 is 4.90 Å². The van der Waals surface area contributed by atoms with Gasteiger partial charge in [0.05, 0.1) is 4.92 Å². The van der Waals surface area contributed by atoms with E-state index in [4.69, 9.17) is 11.6 Å². The van der Waals surface area contributed by atoms with Crippen molar-refractivity contribution < 1.29 is 18.1 Å². The van der Waals surface area contributed by atoms with E-state index in [0.717, 1.165) is 35.7 Å². The smallest absolute Gasteiger partial charge is 0.290 e. The lowest BCUT2D eigenvalue weighted by Crippen LogP contribution is -2.52. The van der Waals surface area contributed by atoms with E-state index in [1.54, 1.807) is 4.90 Å². The fourth-order valence-electron chi connectivity index (χ4n) is 3.57. The first-order valence-corrected chi connectivity index (χ1v) is 10.4. The average molecular weight is 402 g/mol. The van der Waals surface area contributed by atoms with Gasteiger partial charge in [-0.25, -0.2) is 8.42 Å². The number of halogens is 1. The van der Waals surface area contributed by atoms with Crippen LogP contribution in [0.3, 0.4) is 0 Å². The van der Waals surface area contributed by atoms with Crippen LogP contribution in [0.2, 0.25) is 5.02 Å². The largest absolute Gasteiger partial charge is 0.341 e. The van der Waals surface area contributed by atoms with Gasteiger partial charge in [0.15, 0.2) is 4.90 Å². The summed E-state index contributed by atoms with van der Waals surface area (Å²) in [7, 11) is -4.19. The van der Waals surface area contributed by atoms with Gasteiger partial charge in [0.2, 0.25) is 5.91 Å². The molecule has 8 nitrogen and oxygen atoms in total. The molecule has 0 spiro atoms. The molecule has 2 saturated heterocycles. The Balaban J connectivity index is 1.99. The third-order valence-electron chi connectivity index (χ3n) is 4.86. The molecule has 10 heteroatoms. The molecule has 0 aliphatic carbocycles. The minimum absolute atomic E-state index is 0.0824. The summed E-state index contributed by atoms with van der Waals surface area (Å²) < 4.78 is 27.5. The van der Waals surface area contributed by atoms with Gasteiger partial charge in [0.1, 0.15) is 6.04 Å². The van der Waals surface area contributed by atoms with Gasteiger partial charge in [0.25, 0.3) is 15.7 Å². The third-order valence-corrected chi connectivity index (χ3v) is 7.05. The minimum atomic E-state index is -4.19. The lowest BCUT2D eigenvalue weighted by Gasteiger charge is -2.35. The van der Waals surface area contributed by atoms with Crippen molar-refractivity contribution >= 4 is 33.2 Å². The molecule has 2 aliphatic heterocycles. The van der Waals surface area contributed by atoms with E-state index >= 15 is 0 Å². The standard InChI is InChI=1S/C16H20ClN3O5S/c17-12-6-7-15(14(11-12)20(22)23)26(24,25)19-10-2-1-5-13(19)16(21)18-8-3-4-9-18/h6-7,11,13H,1-5,8-10H2. The number of hydrogen-bond acceptors (Lipinski definition) is 5. The number of amides is 1. The topological polar surface area (TPSA) is 101 Å². The number of piperidine rings is 1. The number of carbonyl (C=O) groups excluding carboxylic acids is 1. The molecule has 1 aromatic rings.